The van der Waals surface area contributed by atoms with Gasteiger partial charge in [0.25, 0.3) is 6.29 Å². The molecule has 1 aromatic rings. The summed E-state index contributed by atoms with van der Waals surface area (Å²) >= 11 is 0. The maximum absolute atomic E-state index is 11.1. The number of aliphatic hydroxyl groups excluding tert-OH is 1. The van der Waals surface area contributed by atoms with Gasteiger partial charge in [-0.3, -0.25) is 4.79 Å². The first-order valence-corrected chi connectivity index (χ1v) is 3.54. The number of fused-ring (bicyclic) bond motifs is 1. The van der Waals surface area contributed by atoms with Crippen LogP contribution in [0.4, 0.5) is 0 Å². The molecule has 1 atom stereocenters. The fraction of sp³-hybridized carbons (Fsp3) is 0.125. The Balaban J connectivity index is 2.64. The van der Waals surface area contributed by atoms with E-state index >= 15 is 0 Å². The number of aliphatic hydroxyl groups is 1. The number of hydrogen-bond acceptors (Lipinski definition) is 5. The zero-order valence-corrected chi connectivity index (χ0v) is 6.39. The SMILES string of the molecule is O=C1c2c(O)cc(O)cc2OC1O. The number of rotatable bonds is 0. The summed E-state index contributed by atoms with van der Waals surface area (Å²) in [5, 5.41) is 27.2. The second kappa shape index (κ2) is 2.37. The van der Waals surface area contributed by atoms with Gasteiger partial charge in [0.1, 0.15) is 22.8 Å². The Morgan fingerprint density at radius 3 is 2.69 bits per heavy atom. The number of phenolic OH excluding ortho intramolecular Hbond substituents is 2. The van der Waals surface area contributed by atoms with Gasteiger partial charge >= 0.3 is 0 Å². The monoisotopic (exact) mass is 182 g/mol. The van der Waals surface area contributed by atoms with Gasteiger partial charge in [-0.15, -0.1) is 0 Å². The van der Waals surface area contributed by atoms with Crippen LogP contribution in [0.5, 0.6) is 17.2 Å². The van der Waals surface area contributed by atoms with E-state index in [1.54, 1.807) is 0 Å². The molecule has 1 aromatic carbocycles. The molecule has 0 amide bonds. The molecule has 0 aromatic heterocycles. The third kappa shape index (κ3) is 1.01. The number of hydrogen-bond donors (Lipinski definition) is 3. The topological polar surface area (TPSA) is 87.0 Å². The molecule has 0 radical (unpaired) electrons. The normalized spacial score (nSPS) is 19.8. The van der Waals surface area contributed by atoms with E-state index in [1.807, 2.05) is 0 Å². The van der Waals surface area contributed by atoms with Crippen molar-refractivity contribution in [2.24, 2.45) is 0 Å². The van der Waals surface area contributed by atoms with Crippen LogP contribution in [0.25, 0.3) is 0 Å². The molecule has 0 saturated carbocycles. The van der Waals surface area contributed by atoms with E-state index in [9.17, 15) is 9.90 Å². The van der Waals surface area contributed by atoms with Crippen molar-refractivity contribution < 1.29 is 24.9 Å². The molecule has 0 spiro atoms. The highest BCUT2D eigenvalue weighted by atomic mass is 16.6. The van der Waals surface area contributed by atoms with Gasteiger partial charge < -0.3 is 20.1 Å². The molecular formula is C8H6O5. The highest BCUT2D eigenvalue weighted by Crippen LogP contribution is 2.38. The third-order valence-corrected chi connectivity index (χ3v) is 1.78. The summed E-state index contributed by atoms with van der Waals surface area (Å²) in [6.07, 6.45) is -1.58. The quantitative estimate of drug-likeness (QED) is 0.525. The van der Waals surface area contributed by atoms with Crippen LogP contribution in [0, 0.1) is 0 Å². The lowest BCUT2D eigenvalue weighted by molar-refractivity contribution is 0.00858. The maximum atomic E-state index is 11.1. The van der Waals surface area contributed by atoms with Crippen molar-refractivity contribution in [1.29, 1.82) is 0 Å². The van der Waals surface area contributed by atoms with Crippen molar-refractivity contribution in [3.05, 3.63) is 17.7 Å². The average molecular weight is 182 g/mol. The molecule has 0 bridgehead atoms. The number of phenols is 2. The number of benzene rings is 1. The molecule has 2 rings (SSSR count). The van der Waals surface area contributed by atoms with Gasteiger partial charge in [0, 0.05) is 12.1 Å². The smallest absolute Gasteiger partial charge is 0.262 e. The van der Waals surface area contributed by atoms with E-state index in [1.165, 1.54) is 0 Å². The number of aromatic hydroxyl groups is 2. The summed E-state index contributed by atoms with van der Waals surface area (Å²) in [4.78, 5) is 11.1. The number of ether oxygens (including phenoxy) is 1. The van der Waals surface area contributed by atoms with Gasteiger partial charge in [-0.05, 0) is 0 Å². The first kappa shape index (κ1) is 7.88. The molecule has 68 valence electrons. The predicted octanol–water partition coefficient (Wildman–Crippen LogP) is -0.00870. The Kier molecular flexibility index (Phi) is 1.43. The molecule has 0 saturated heterocycles. The van der Waals surface area contributed by atoms with E-state index in [4.69, 9.17) is 10.2 Å². The lowest BCUT2D eigenvalue weighted by atomic mass is 10.1. The van der Waals surface area contributed by atoms with Crippen molar-refractivity contribution >= 4 is 5.78 Å². The lowest BCUT2D eigenvalue weighted by Crippen LogP contribution is -2.18. The molecule has 3 N–H and O–H groups in total. The summed E-state index contributed by atoms with van der Waals surface area (Å²) in [6, 6.07) is 2.17. The third-order valence-electron chi connectivity index (χ3n) is 1.78. The highest BCUT2D eigenvalue weighted by molar-refractivity contribution is 6.06. The van der Waals surface area contributed by atoms with E-state index in [2.05, 4.69) is 4.74 Å². The van der Waals surface area contributed by atoms with Crippen molar-refractivity contribution in [2.75, 3.05) is 0 Å². The molecule has 1 heterocycles. The molecule has 13 heavy (non-hydrogen) atoms. The van der Waals surface area contributed by atoms with Crippen molar-refractivity contribution in [1.82, 2.24) is 0 Å². The van der Waals surface area contributed by atoms with Crippen molar-refractivity contribution in [2.45, 2.75) is 6.29 Å². The summed E-state index contributed by atoms with van der Waals surface area (Å²) in [5.74, 6) is -1.32. The van der Waals surface area contributed by atoms with Gasteiger partial charge in [0.05, 0.1) is 0 Å². The number of carbonyl (C=O) groups is 1. The molecule has 1 aliphatic heterocycles. The van der Waals surface area contributed by atoms with Crippen LogP contribution in [-0.4, -0.2) is 27.4 Å². The number of Topliss-reactive ketones (excluding diaryl/α,β-unsaturated/α-hetero) is 1. The van der Waals surface area contributed by atoms with Crippen molar-refractivity contribution in [3.8, 4) is 17.2 Å². The van der Waals surface area contributed by atoms with Gasteiger partial charge in [-0.2, -0.15) is 0 Å². The summed E-state index contributed by atoms with van der Waals surface area (Å²) < 4.78 is 4.67. The molecule has 1 unspecified atom stereocenters. The number of ketones is 1. The van der Waals surface area contributed by atoms with Gasteiger partial charge in [0.2, 0.25) is 5.78 Å². The number of carbonyl (C=O) groups excluding carboxylic acids is 1. The lowest BCUT2D eigenvalue weighted by Gasteiger charge is -2.00. The van der Waals surface area contributed by atoms with E-state index in [0.29, 0.717) is 0 Å². The second-order valence-corrected chi connectivity index (χ2v) is 2.67. The van der Waals surface area contributed by atoms with Gasteiger partial charge in [-0.25, -0.2) is 0 Å². The van der Waals surface area contributed by atoms with Crippen LogP contribution >= 0.6 is 0 Å². The molecular weight excluding hydrogens is 176 g/mol. The Morgan fingerprint density at radius 1 is 1.31 bits per heavy atom. The van der Waals surface area contributed by atoms with Crippen molar-refractivity contribution in [3.63, 3.8) is 0 Å². The minimum absolute atomic E-state index is 0.00463. The van der Waals surface area contributed by atoms with Gasteiger partial charge in [0.15, 0.2) is 0 Å². The van der Waals surface area contributed by atoms with E-state index < -0.39 is 17.8 Å². The molecule has 0 aliphatic carbocycles. The largest absolute Gasteiger partial charge is 0.508 e. The second-order valence-electron chi connectivity index (χ2n) is 2.67. The zero-order chi connectivity index (χ0) is 9.59. The predicted molar refractivity (Wildman–Crippen MR) is 40.7 cm³/mol. The Bertz CT molecular complexity index is 384. The zero-order valence-electron chi connectivity index (χ0n) is 6.39. The molecule has 1 aliphatic rings. The van der Waals surface area contributed by atoms with Crippen LogP contribution in [0.15, 0.2) is 12.1 Å². The Hall–Kier alpha value is -1.75. The average Bonchev–Trinajstić information content (AvgIpc) is 2.27. The Morgan fingerprint density at radius 2 is 2.00 bits per heavy atom. The summed E-state index contributed by atoms with van der Waals surface area (Å²) in [6.45, 7) is 0. The van der Waals surface area contributed by atoms with Crippen LogP contribution in [0.2, 0.25) is 0 Å². The highest BCUT2D eigenvalue weighted by Gasteiger charge is 2.33. The summed E-state index contributed by atoms with van der Waals surface area (Å²) in [7, 11) is 0. The first-order chi connectivity index (χ1) is 6.09. The standard InChI is InChI=1S/C8H6O5/c9-3-1-4(10)6-5(2-3)13-8(12)7(6)11/h1-2,8-10,12H. The van der Waals surface area contributed by atoms with Crippen LogP contribution in [0.3, 0.4) is 0 Å². The molecule has 5 heteroatoms. The molecule has 5 nitrogen and oxygen atoms in total. The minimum Gasteiger partial charge on any atom is -0.508 e. The van der Waals surface area contributed by atoms with Gasteiger partial charge in [-0.1, -0.05) is 0 Å². The van der Waals surface area contributed by atoms with Crippen LogP contribution in [0.1, 0.15) is 10.4 Å². The fourth-order valence-corrected chi connectivity index (χ4v) is 1.22. The Labute approximate surface area is 72.8 Å². The maximum Gasteiger partial charge on any atom is 0.262 e. The first-order valence-electron chi connectivity index (χ1n) is 3.54. The van der Waals surface area contributed by atoms with E-state index in [0.717, 1.165) is 12.1 Å². The molecule has 0 fully saturated rings. The van der Waals surface area contributed by atoms with Crippen LogP contribution < -0.4 is 4.74 Å². The van der Waals surface area contributed by atoms with E-state index in [-0.39, 0.29) is 17.1 Å². The fourth-order valence-electron chi connectivity index (χ4n) is 1.22. The minimum atomic E-state index is -1.58. The summed E-state index contributed by atoms with van der Waals surface area (Å²) in [5.41, 5.74) is -0.0923. The van der Waals surface area contributed by atoms with Crippen LogP contribution in [-0.2, 0) is 0 Å².